The van der Waals surface area contributed by atoms with Gasteiger partial charge < -0.3 is 5.32 Å². The van der Waals surface area contributed by atoms with Crippen molar-refractivity contribution in [3.8, 4) is 11.3 Å². The fourth-order valence-corrected chi connectivity index (χ4v) is 4.11. The molecule has 3 aromatic carbocycles. The third-order valence-electron chi connectivity index (χ3n) is 5.19. The Morgan fingerprint density at radius 1 is 0.903 bits per heavy atom. The van der Waals surface area contributed by atoms with Crippen LogP contribution in [0.4, 0.5) is 0 Å². The Hall–Kier alpha value is -3.51. The third kappa shape index (κ3) is 4.49. The molecule has 31 heavy (non-hydrogen) atoms. The van der Waals surface area contributed by atoms with E-state index in [1.54, 1.807) is 24.3 Å². The Labute approximate surface area is 181 Å². The Bertz CT molecular complexity index is 1350. The summed E-state index contributed by atoms with van der Waals surface area (Å²) < 4.78 is 23.3. The van der Waals surface area contributed by atoms with Crippen LogP contribution in [0, 0.1) is 0 Å². The van der Waals surface area contributed by atoms with Gasteiger partial charge in [0.1, 0.15) is 0 Å². The summed E-state index contributed by atoms with van der Waals surface area (Å²) in [5.41, 5.74) is 3.78. The summed E-state index contributed by atoms with van der Waals surface area (Å²) in [6, 6.07) is 25.4. The van der Waals surface area contributed by atoms with Gasteiger partial charge in [0.25, 0.3) is 5.91 Å². The fourth-order valence-electron chi connectivity index (χ4n) is 3.48. The molecule has 0 aliphatic rings. The number of fused-ring (bicyclic) bond motifs is 1. The lowest BCUT2D eigenvalue weighted by molar-refractivity contribution is 0.0941. The van der Waals surface area contributed by atoms with Crippen molar-refractivity contribution in [2.24, 2.45) is 0 Å². The maximum Gasteiger partial charge on any atom is 0.252 e. The number of nitrogens with one attached hydrogen (secondary N) is 1. The van der Waals surface area contributed by atoms with Crippen LogP contribution < -0.4 is 5.32 Å². The molecule has 1 aromatic heterocycles. The highest BCUT2D eigenvalue weighted by atomic mass is 32.2. The molecule has 0 spiro atoms. The molecule has 0 aliphatic carbocycles. The summed E-state index contributed by atoms with van der Waals surface area (Å²) in [4.78, 5) is 18.2. The summed E-state index contributed by atoms with van der Waals surface area (Å²) in [6.45, 7) is 1.87. The first-order valence-corrected chi connectivity index (χ1v) is 11.8. The molecule has 6 heteroatoms. The van der Waals surface area contributed by atoms with Gasteiger partial charge in [-0.2, -0.15) is 0 Å². The molecule has 0 saturated heterocycles. The minimum atomic E-state index is -3.26. The van der Waals surface area contributed by atoms with E-state index in [4.69, 9.17) is 4.98 Å². The maximum atomic E-state index is 13.2. The summed E-state index contributed by atoms with van der Waals surface area (Å²) in [5, 5.41) is 3.80. The molecular formula is C25H22N2O3S. The highest BCUT2D eigenvalue weighted by Crippen LogP contribution is 2.25. The number of rotatable bonds is 5. The normalized spacial score (nSPS) is 12.5. The molecule has 4 rings (SSSR count). The number of nitrogens with zero attached hydrogens (tertiary/aromatic N) is 1. The molecule has 0 radical (unpaired) electrons. The van der Waals surface area contributed by atoms with E-state index in [0.29, 0.717) is 5.56 Å². The van der Waals surface area contributed by atoms with Crippen molar-refractivity contribution in [3.63, 3.8) is 0 Å². The van der Waals surface area contributed by atoms with Crippen LogP contribution in [0.15, 0.2) is 89.8 Å². The molecule has 0 aliphatic heterocycles. The molecule has 4 aromatic rings. The van der Waals surface area contributed by atoms with Gasteiger partial charge in [0.15, 0.2) is 9.84 Å². The lowest BCUT2D eigenvalue weighted by Crippen LogP contribution is -2.27. The van der Waals surface area contributed by atoms with Crippen molar-refractivity contribution in [2.75, 3.05) is 6.26 Å². The van der Waals surface area contributed by atoms with Gasteiger partial charge in [0, 0.05) is 17.2 Å². The highest BCUT2D eigenvalue weighted by molar-refractivity contribution is 7.90. The summed E-state index contributed by atoms with van der Waals surface area (Å²) >= 11 is 0. The van der Waals surface area contributed by atoms with Crippen molar-refractivity contribution < 1.29 is 13.2 Å². The fraction of sp³-hybridized carbons (Fsp3) is 0.120. The lowest BCUT2D eigenvalue weighted by Gasteiger charge is -2.16. The first kappa shape index (κ1) is 20.8. The molecule has 1 heterocycles. The van der Waals surface area contributed by atoms with Crippen molar-refractivity contribution in [1.29, 1.82) is 0 Å². The summed E-state index contributed by atoms with van der Waals surface area (Å²) in [7, 11) is -3.26. The molecule has 0 saturated carbocycles. The van der Waals surface area contributed by atoms with Gasteiger partial charge >= 0.3 is 0 Å². The zero-order chi connectivity index (χ0) is 22.0. The standard InChI is InChI=1S/C25H22N2O3S/c1-17(18-12-14-20(15-13-18)31(2,29)30)26-25(28)22-16-24(19-8-4-3-5-9-19)27-23-11-7-6-10-21(22)23/h3-17H,1-2H3,(H,26,28)/t17-/m0/s1. The predicted molar refractivity (Wildman–Crippen MR) is 123 cm³/mol. The van der Waals surface area contributed by atoms with Crippen LogP contribution in [-0.4, -0.2) is 25.6 Å². The van der Waals surface area contributed by atoms with Gasteiger partial charge in [-0.3, -0.25) is 4.79 Å². The van der Waals surface area contributed by atoms with Crippen LogP contribution in [0.3, 0.4) is 0 Å². The van der Waals surface area contributed by atoms with Crippen molar-refractivity contribution in [2.45, 2.75) is 17.9 Å². The number of carbonyl (C=O) groups is 1. The highest BCUT2D eigenvalue weighted by Gasteiger charge is 2.17. The van der Waals surface area contributed by atoms with Crippen molar-refractivity contribution >= 4 is 26.6 Å². The molecule has 1 amide bonds. The predicted octanol–water partition coefficient (Wildman–Crippen LogP) is 4.80. The number of pyridine rings is 1. The number of benzene rings is 3. The van der Waals surface area contributed by atoms with Gasteiger partial charge in [-0.1, -0.05) is 60.7 Å². The van der Waals surface area contributed by atoms with Gasteiger partial charge in [0.2, 0.25) is 0 Å². The van der Waals surface area contributed by atoms with Crippen molar-refractivity contribution in [1.82, 2.24) is 10.3 Å². The maximum absolute atomic E-state index is 13.2. The number of para-hydroxylation sites is 1. The Balaban J connectivity index is 1.67. The quantitative estimate of drug-likeness (QED) is 0.494. The minimum absolute atomic E-state index is 0.213. The van der Waals surface area contributed by atoms with E-state index in [9.17, 15) is 13.2 Å². The van der Waals surface area contributed by atoms with Gasteiger partial charge in [-0.25, -0.2) is 13.4 Å². The molecule has 0 bridgehead atoms. The SMILES string of the molecule is C[C@H](NC(=O)c1cc(-c2ccccc2)nc2ccccc12)c1ccc(S(C)(=O)=O)cc1. The van der Waals surface area contributed by atoms with E-state index in [-0.39, 0.29) is 16.8 Å². The Morgan fingerprint density at radius 3 is 2.23 bits per heavy atom. The van der Waals surface area contributed by atoms with Gasteiger partial charge in [-0.05, 0) is 36.8 Å². The third-order valence-corrected chi connectivity index (χ3v) is 6.31. The van der Waals surface area contributed by atoms with Gasteiger partial charge in [0.05, 0.1) is 27.7 Å². The zero-order valence-corrected chi connectivity index (χ0v) is 18.1. The number of carbonyl (C=O) groups excluding carboxylic acids is 1. The van der Waals surface area contributed by atoms with Crippen LogP contribution in [0.5, 0.6) is 0 Å². The molecule has 156 valence electrons. The summed E-state index contributed by atoms with van der Waals surface area (Å²) in [6.07, 6.45) is 1.17. The monoisotopic (exact) mass is 430 g/mol. The van der Waals surface area contributed by atoms with Crippen LogP contribution in [-0.2, 0) is 9.84 Å². The molecular weight excluding hydrogens is 408 g/mol. The first-order valence-electron chi connectivity index (χ1n) is 9.89. The van der Waals surface area contributed by atoms with Crippen LogP contribution in [0.25, 0.3) is 22.2 Å². The topological polar surface area (TPSA) is 76.1 Å². The summed E-state index contributed by atoms with van der Waals surface area (Å²) in [5.74, 6) is -0.213. The lowest BCUT2D eigenvalue weighted by atomic mass is 10.0. The molecule has 1 atom stereocenters. The second kappa shape index (κ2) is 8.32. The Kier molecular flexibility index (Phi) is 5.57. The number of hydrogen-bond acceptors (Lipinski definition) is 4. The van der Waals surface area contributed by atoms with Crippen LogP contribution in [0.2, 0.25) is 0 Å². The zero-order valence-electron chi connectivity index (χ0n) is 17.2. The minimum Gasteiger partial charge on any atom is -0.345 e. The number of sulfone groups is 1. The van der Waals surface area contributed by atoms with E-state index < -0.39 is 9.84 Å². The number of hydrogen-bond donors (Lipinski definition) is 1. The van der Waals surface area contributed by atoms with E-state index in [0.717, 1.165) is 27.7 Å². The largest absolute Gasteiger partial charge is 0.345 e. The van der Waals surface area contributed by atoms with Crippen molar-refractivity contribution in [3.05, 3.63) is 96.1 Å². The molecule has 0 fully saturated rings. The number of aromatic nitrogens is 1. The first-order chi connectivity index (χ1) is 14.8. The molecule has 1 N–H and O–H groups in total. The van der Waals surface area contributed by atoms with E-state index in [1.165, 1.54) is 6.26 Å². The molecule has 5 nitrogen and oxygen atoms in total. The van der Waals surface area contributed by atoms with Crippen LogP contribution >= 0.6 is 0 Å². The second-order valence-electron chi connectivity index (χ2n) is 7.47. The average molecular weight is 431 g/mol. The Morgan fingerprint density at radius 2 is 1.55 bits per heavy atom. The number of amides is 1. The van der Waals surface area contributed by atoms with Gasteiger partial charge in [-0.15, -0.1) is 0 Å². The second-order valence-corrected chi connectivity index (χ2v) is 9.49. The van der Waals surface area contributed by atoms with E-state index in [1.807, 2.05) is 67.6 Å². The smallest absolute Gasteiger partial charge is 0.252 e. The molecule has 0 unspecified atom stereocenters. The van der Waals surface area contributed by atoms with E-state index >= 15 is 0 Å². The van der Waals surface area contributed by atoms with E-state index in [2.05, 4.69) is 5.32 Å². The van der Waals surface area contributed by atoms with Crippen LogP contribution in [0.1, 0.15) is 28.9 Å². The average Bonchev–Trinajstić information content (AvgIpc) is 2.78.